The van der Waals surface area contributed by atoms with Crippen molar-refractivity contribution in [3.8, 4) is 5.75 Å². The molecule has 1 heterocycles. The highest BCUT2D eigenvalue weighted by Crippen LogP contribution is 2.18. The fourth-order valence-corrected chi connectivity index (χ4v) is 2.52. The van der Waals surface area contributed by atoms with Gasteiger partial charge in [-0.25, -0.2) is 0 Å². The first kappa shape index (κ1) is 18.7. The molecule has 6 heteroatoms. The number of benzene rings is 1. The second-order valence-electron chi connectivity index (χ2n) is 5.22. The van der Waals surface area contributed by atoms with Crippen LogP contribution in [0, 0.1) is 0 Å². The quantitative estimate of drug-likeness (QED) is 0.811. The third-order valence-electron chi connectivity index (χ3n) is 3.83. The van der Waals surface area contributed by atoms with E-state index in [9.17, 15) is 4.79 Å². The summed E-state index contributed by atoms with van der Waals surface area (Å²) in [4.78, 5) is 14.4. The molecule has 1 aliphatic heterocycles. The van der Waals surface area contributed by atoms with Crippen LogP contribution in [-0.4, -0.2) is 57.3 Å². The standard InChI is InChI=1S/C16H24N2O3.ClH/c1-17-14-6-8-18(9-7-14)16(19)13-4-3-5-15(12-13)21-11-10-20-2;/h3-5,12,14,17H,6-11H2,1-2H3;1H. The minimum atomic E-state index is 0. The molecule has 124 valence electrons. The SMILES string of the molecule is CNC1CCN(C(=O)c2cccc(OCCOC)c2)CC1.Cl. The summed E-state index contributed by atoms with van der Waals surface area (Å²) in [5.74, 6) is 0.796. The summed E-state index contributed by atoms with van der Waals surface area (Å²) in [5.41, 5.74) is 0.688. The largest absolute Gasteiger partial charge is 0.491 e. The van der Waals surface area contributed by atoms with Crippen molar-refractivity contribution < 1.29 is 14.3 Å². The van der Waals surface area contributed by atoms with Crippen LogP contribution in [0.5, 0.6) is 5.75 Å². The molecular formula is C16H25ClN2O3. The van der Waals surface area contributed by atoms with Crippen molar-refractivity contribution in [2.24, 2.45) is 0 Å². The topological polar surface area (TPSA) is 50.8 Å². The lowest BCUT2D eigenvalue weighted by molar-refractivity contribution is 0.0706. The first-order chi connectivity index (χ1) is 10.2. The summed E-state index contributed by atoms with van der Waals surface area (Å²) < 4.78 is 10.5. The van der Waals surface area contributed by atoms with Crippen molar-refractivity contribution in [1.29, 1.82) is 0 Å². The summed E-state index contributed by atoms with van der Waals surface area (Å²) in [6.07, 6.45) is 2.01. The summed E-state index contributed by atoms with van der Waals surface area (Å²) in [6, 6.07) is 7.89. The number of amides is 1. The molecule has 1 aromatic rings. The molecule has 1 N–H and O–H groups in total. The fraction of sp³-hybridized carbons (Fsp3) is 0.562. The smallest absolute Gasteiger partial charge is 0.253 e. The molecule has 0 aliphatic carbocycles. The average Bonchev–Trinajstić information content (AvgIpc) is 2.55. The Morgan fingerprint density at radius 1 is 1.32 bits per heavy atom. The first-order valence-electron chi connectivity index (χ1n) is 7.43. The summed E-state index contributed by atoms with van der Waals surface area (Å²) in [6.45, 7) is 2.63. The molecule has 2 rings (SSSR count). The normalized spacial score (nSPS) is 15.3. The molecule has 1 aliphatic rings. The number of carbonyl (C=O) groups is 1. The van der Waals surface area contributed by atoms with Crippen LogP contribution in [0.25, 0.3) is 0 Å². The highest BCUT2D eigenvalue weighted by atomic mass is 35.5. The van der Waals surface area contributed by atoms with Gasteiger partial charge in [0.25, 0.3) is 5.91 Å². The van der Waals surface area contributed by atoms with Gasteiger partial charge in [-0.3, -0.25) is 4.79 Å². The van der Waals surface area contributed by atoms with Crippen LogP contribution >= 0.6 is 12.4 Å². The zero-order valence-corrected chi connectivity index (χ0v) is 14.0. The molecule has 0 saturated carbocycles. The van der Waals surface area contributed by atoms with Gasteiger partial charge in [-0.2, -0.15) is 0 Å². The number of rotatable bonds is 6. The molecule has 0 aromatic heterocycles. The molecular weight excluding hydrogens is 304 g/mol. The number of carbonyl (C=O) groups excluding carboxylic acids is 1. The van der Waals surface area contributed by atoms with Crippen molar-refractivity contribution in [2.45, 2.75) is 18.9 Å². The number of ether oxygens (including phenoxy) is 2. The molecule has 1 saturated heterocycles. The van der Waals surface area contributed by atoms with Gasteiger partial charge in [0.05, 0.1) is 6.61 Å². The molecule has 0 bridgehead atoms. The minimum Gasteiger partial charge on any atom is -0.491 e. The predicted molar refractivity (Wildman–Crippen MR) is 89.0 cm³/mol. The fourth-order valence-electron chi connectivity index (χ4n) is 2.52. The third-order valence-corrected chi connectivity index (χ3v) is 3.83. The van der Waals surface area contributed by atoms with Crippen LogP contribution < -0.4 is 10.1 Å². The molecule has 22 heavy (non-hydrogen) atoms. The number of halogens is 1. The Kier molecular flexibility index (Phi) is 8.24. The third kappa shape index (κ3) is 5.16. The Morgan fingerprint density at radius 2 is 2.05 bits per heavy atom. The zero-order chi connectivity index (χ0) is 15.1. The summed E-state index contributed by atoms with van der Waals surface area (Å²) in [7, 11) is 3.61. The van der Waals surface area contributed by atoms with Crippen LogP contribution in [0.4, 0.5) is 0 Å². The maximum absolute atomic E-state index is 12.5. The number of likely N-dealkylation sites (tertiary alicyclic amines) is 1. The molecule has 1 amide bonds. The van der Waals surface area contributed by atoms with Crippen LogP contribution in [-0.2, 0) is 4.74 Å². The maximum atomic E-state index is 12.5. The van der Waals surface area contributed by atoms with Gasteiger partial charge in [-0.05, 0) is 38.1 Å². The average molecular weight is 329 g/mol. The van der Waals surface area contributed by atoms with Crippen molar-refractivity contribution in [3.63, 3.8) is 0 Å². The van der Waals surface area contributed by atoms with Crippen LogP contribution in [0.2, 0.25) is 0 Å². The van der Waals surface area contributed by atoms with Crippen LogP contribution in [0.1, 0.15) is 23.2 Å². The maximum Gasteiger partial charge on any atom is 0.253 e. The van der Waals surface area contributed by atoms with E-state index in [0.717, 1.165) is 25.9 Å². The Morgan fingerprint density at radius 3 is 2.68 bits per heavy atom. The predicted octanol–water partition coefficient (Wildman–Crippen LogP) is 1.96. The van der Waals surface area contributed by atoms with Gasteiger partial charge in [0.1, 0.15) is 12.4 Å². The lowest BCUT2D eigenvalue weighted by atomic mass is 10.0. The van der Waals surface area contributed by atoms with Gasteiger partial charge in [0.15, 0.2) is 0 Å². The Labute approximate surface area is 138 Å². The van der Waals surface area contributed by atoms with Crippen LogP contribution in [0.15, 0.2) is 24.3 Å². The molecule has 5 nitrogen and oxygen atoms in total. The Bertz CT molecular complexity index is 462. The van der Waals surface area contributed by atoms with Crippen molar-refractivity contribution in [3.05, 3.63) is 29.8 Å². The van der Waals surface area contributed by atoms with Gasteiger partial charge in [0, 0.05) is 31.8 Å². The Balaban J connectivity index is 0.00000242. The molecule has 0 atom stereocenters. The van der Waals surface area contributed by atoms with E-state index in [1.54, 1.807) is 7.11 Å². The monoisotopic (exact) mass is 328 g/mol. The molecule has 0 unspecified atom stereocenters. The highest BCUT2D eigenvalue weighted by molar-refractivity contribution is 5.94. The number of methoxy groups -OCH3 is 1. The summed E-state index contributed by atoms with van der Waals surface area (Å²) >= 11 is 0. The van der Waals surface area contributed by atoms with Crippen molar-refractivity contribution >= 4 is 18.3 Å². The first-order valence-corrected chi connectivity index (χ1v) is 7.43. The summed E-state index contributed by atoms with van der Waals surface area (Å²) in [5, 5.41) is 3.27. The van der Waals surface area contributed by atoms with Crippen molar-refractivity contribution in [1.82, 2.24) is 10.2 Å². The number of hydrogen-bond donors (Lipinski definition) is 1. The van der Waals surface area contributed by atoms with Gasteiger partial charge in [-0.15, -0.1) is 12.4 Å². The van der Waals surface area contributed by atoms with E-state index in [4.69, 9.17) is 9.47 Å². The second kappa shape index (κ2) is 9.66. The van der Waals surface area contributed by atoms with Gasteiger partial charge in [0.2, 0.25) is 0 Å². The number of nitrogens with one attached hydrogen (secondary N) is 1. The van der Waals surface area contributed by atoms with E-state index < -0.39 is 0 Å². The van der Waals surface area contributed by atoms with E-state index in [2.05, 4.69) is 5.32 Å². The molecule has 0 spiro atoms. The molecule has 1 fully saturated rings. The van der Waals surface area contributed by atoms with Gasteiger partial charge < -0.3 is 19.7 Å². The van der Waals surface area contributed by atoms with Crippen molar-refractivity contribution in [2.75, 3.05) is 40.5 Å². The number of nitrogens with zero attached hydrogens (tertiary/aromatic N) is 1. The van der Waals surface area contributed by atoms with E-state index >= 15 is 0 Å². The number of piperidine rings is 1. The van der Waals surface area contributed by atoms with E-state index in [-0.39, 0.29) is 18.3 Å². The second-order valence-corrected chi connectivity index (χ2v) is 5.22. The lowest BCUT2D eigenvalue weighted by Crippen LogP contribution is -2.43. The highest BCUT2D eigenvalue weighted by Gasteiger charge is 2.22. The molecule has 1 aromatic carbocycles. The van der Waals surface area contributed by atoms with Gasteiger partial charge in [-0.1, -0.05) is 6.07 Å². The Hall–Kier alpha value is -1.30. The molecule has 0 radical (unpaired) electrons. The van der Waals surface area contributed by atoms with Crippen LogP contribution in [0.3, 0.4) is 0 Å². The lowest BCUT2D eigenvalue weighted by Gasteiger charge is -2.31. The van der Waals surface area contributed by atoms with E-state index in [1.807, 2.05) is 36.2 Å². The van der Waals surface area contributed by atoms with Gasteiger partial charge >= 0.3 is 0 Å². The minimum absolute atomic E-state index is 0. The number of hydrogen-bond acceptors (Lipinski definition) is 4. The van der Waals surface area contributed by atoms with E-state index in [1.165, 1.54) is 0 Å². The van der Waals surface area contributed by atoms with E-state index in [0.29, 0.717) is 30.6 Å². The zero-order valence-electron chi connectivity index (χ0n) is 13.2.